The normalized spacial score (nSPS) is 11.8. The SMILES string of the molecule is CC(OC(=O)c1[nH]c2ccccc2c1Br)C(=O)Nc1cc([N+](=O)[O-])ccc1Cl. The van der Waals surface area contributed by atoms with Crippen LogP contribution in [0.1, 0.15) is 17.4 Å². The van der Waals surface area contributed by atoms with Crippen molar-refractivity contribution in [3.05, 3.63) is 67.8 Å². The molecule has 3 rings (SSSR count). The van der Waals surface area contributed by atoms with Gasteiger partial charge in [-0.3, -0.25) is 14.9 Å². The summed E-state index contributed by atoms with van der Waals surface area (Å²) in [5.41, 5.74) is 0.734. The summed E-state index contributed by atoms with van der Waals surface area (Å²) in [6.07, 6.45) is -1.17. The number of anilines is 1. The van der Waals surface area contributed by atoms with Crippen molar-refractivity contribution in [1.29, 1.82) is 0 Å². The van der Waals surface area contributed by atoms with Crippen LogP contribution in [-0.4, -0.2) is 27.9 Å². The second-order valence-electron chi connectivity index (χ2n) is 5.82. The number of amides is 1. The van der Waals surface area contributed by atoms with Gasteiger partial charge in [0.2, 0.25) is 0 Å². The number of aromatic nitrogens is 1. The van der Waals surface area contributed by atoms with E-state index in [0.29, 0.717) is 4.47 Å². The van der Waals surface area contributed by atoms with E-state index in [0.717, 1.165) is 17.0 Å². The lowest BCUT2D eigenvalue weighted by Crippen LogP contribution is -2.30. The van der Waals surface area contributed by atoms with Gasteiger partial charge in [0, 0.05) is 23.0 Å². The van der Waals surface area contributed by atoms with Gasteiger partial charge in [-0.25, -0.2) is 4.79 Å². The molecule has 1 aromatic heterocycles. The molecule has 0 saturated heterocycles. The second kappa shape index (κ2) is 7.99. The summed E-state index contributed by atoms with van der Waals surface area (Å²) < 4.78 is 5.74. The van der Waals surface area contributed by atoms with Crippen LogP contribution in [0.2, 0.25) is 5.02 Å². The standard InChI is InChI=1S/C18H13BrClN3O5/c1-9(17(24)22-14-8-10(23(26)27)6-7-12(14)20)28-18(25)16-15(19)11-4-2-3-5-13(11)21-16/h2-9,21H,1H3,(H,22,24). The highest BCUT2D eigenvalue weighted by atomic mass is 79.9. The predicted octanol–water partition coefficient (Wildman–Crippen LogP) is 4.68. The molecule has 2 N–H and O–H groups in total. The Kier molecular flexibility index (Phi) is 5.66. The molecule has 2 aromatic carbocycles. The van der Waals surface area contributed by atoms with Crippen molar-refractivity contribution >= 4 is 61.7 Å². The number of carbonyl (C=O) groups excluding carboxylic acids is 2. The Balaban J connectivity index is 1.73. The summed E-state index contributed by atoms with van der Waals surface area (Å²) >= 11 is 9.31. The Morgan fingerprint density at radius 1 is 1.29 bits per heavy atom. The summed E-state index contributed by atoms with van der Waals surface area (Å²) in [6.45, 7) is 1.38. The molecule has 0 fully saturated rings. The van der Waals surface area contributed by atoms with Gasteiger partial charge in [0.1, 0.15) is 5.69 Å². The number of ether oxygens (including phenoxy) is 1. The second-order valence-corrected chi connectivity index (χ2v) is 7.02. The van der Waals surface area contributed by atoms with Gasteiger partial charge in [-0.15, -0.1) is 0 Å². The average Bonchev–Trinajstić information content (AvgIpc) is 3.00. The molecule has 0 aliphatic heterocycles. The van der Waals surface area contributed by atoms with Gasteiger partial charge in [-0.1, -0.05) is 29.8 Å². The first-order chi connectivity index (χ1) is 13.3. The molecule has 0 aliphatic carbocycles. The van der Waals surface area contributed by atoms with E-state index in [1.807, 2.05) is 18.2 Å². The molecule has 0 bridgehead atoms. The number of esters is 1. The van der Waals surface area contributed by atoms with Crippen LogP contribution < -0.4 is 5.32 Å². The molecule has 10 heteroatoms. The molecule has 1 unspecified atom stereocenters. The van der Waals surface area contributed by atoms with Crippen LogP contribution in [0.3, 0.4) is 0 Å². The number of non-ortho nitro benzene ring substituents is 1. The quantitative estimate of drug-likeness (QED) is 0.322. The number of aromatic amines is 1. The minimum atomic E-state index is -1.17. The largest absolute Gasteiger partial charge is 0.448 e. The number of H-pyrrole nitrogens is 1. The minimum absolute atomic E-state index is 0.0514. The van der Waals surface area contributed by atoms with Gasteiger partial charge in [0.05, 0.1) is 20.1 Å². The van der Waals surface area contributed by atoms with Crippen LogP contribution in [0, 0.1) is 10.1 Å². The number of nitro benzene ring substituents is 1. The molecule has 1 atom stereocenters. The first-order valence-corrected chi connectivity index (χ1v) is 9.17. The number of nitrogens with one attached hydrogen (secondary N) is 2. The summed E-state index contributed by atoms with van der Waals surface area (Å²) in [4.78, 5) is 38.0. The number of para-hydroxylation sites is 1. The van der Waals surface area contributed by atoms with Gasteiger partial charge in [0.25, 0.3) is 11.6 Å². The fourth-order valence-electron chi connectivity index (χ4n) is 2.48. The molecule has 8 nitrogen and oxygen atoms in total. The lowest BCUT2D eigenvalue weighted by molar-refractivity contribution is -0.384. The third kappa shape index (κ3) is 4.00. The number of fused-ring (bicyclic) bond motifs is 1. The van der Waals surface area contributed by atoms with Crippen LogP contribution in [0.4, 0.5) is 11.4 Å². The van der Waals surface area contributed by atoms with E-state index >= 15 is 0 Å². The topological polar surface area (TPSA) is 114 Å². The number of rotatable bonds is 5. The Labute approximate surface area is 172 Å². The molecule has 0 spiro atoms. The number of benzene rings is 2. The summed E-state index contributed by atoms with van der Waals surface area (Å²) in [5.74, 6) is -1.40. The van der Waals surface area contributed by atoms with Crippen molar-refractivity contribution in [1.82, 2.24) is 4.98 Å². The Bertz CT molecular complexity index is 1100. The zero-order valence-electron chi connectivity index (χ0n) is 14.4. The van der Waals surface area contributed by atoms with Crippen LogP contribution in [0.25, 0.3) is 10.9 Å². The molecule has 28 heavy (non-hydrogen) atoms. The number of hydrogen-bond donors (Lipinski definition) is 2. The maximum atomic E-state index is 12.4. The molecule has 3 aromatic rings. The van der Waals surface area contributed by atoms with Crippen molar-refractivity contribution in [2.24, 2.45) is 0 Å². The van der Waals surface area contributed by atoms with Crippen molar-refractivity contribution in [3.63, 3.8) is 0 Å². The Hall–Kier alpha value is -2.91. The lowest BCUT2D eigenvalue weighted by Gasteiger charge is -2.14. The van der Waals surface area contributed by atoms with E-state index in [4.69, 9.17) is 16.3 Å². The summed E-state index contributed by atoms with van der Waals surface area (Å²) in [7, 11) is 0. The Morgan fingerprint density at radius 3 is 2.68 bits per heavy atom. The molecule has 0 aliphatic rings. The van der Waals surface area contributed by atoms with E-state index in [-0.39, 0.29) is 22.1 Å². The molecule has 144 valence electrons. The van der Waals surface area contributed by atoms with Gasteiger partial charge in [-0.2, -0.15) is 0 Å². The monoisotopic (exact) mass is 465 g/mol. The van der Waals surface area contributed by atoms with E-state index in [9.17, 15) is 19.7 Å². The minimum Gasteiger partial charge on any atom is -0.448 e. The maximum Gasteiger partial charge on any atom is 0.356 e. The third-order valence-electron chi connectivity index (χ3n) is 3.92. The fraction of sp³-hybridized carbons (Fsp3) is 0.111. The van der Waals surface area contributed by atoms with Crippen molar-refractivity contribution in [2.75, 3.05) is 5.32 Å². The highest BCUT2D eigenvalue weighted by Gasteiger charge is 2.24. The van der Waals surface area contributed by atoms with Crippen LogP contribution in [0.5, 0.6) is 0 Å². The first-order valence-electron chi connectivity index (χ1n) is 8.00. The van der Waals surface area contributed by atoms with Gasteiger partial charge in [0.15, 0.2) is 6.10 Å². The van der Waals surface area contributed by atoms with E-state index < -0.39 is 22.9 Å². The predicted molar refractivity (Wildman–Crippen MR) is 108 cm³/mol. The number of halogens is 2. The third-order valence-corrected chi connectivity index (χ3v) is 5.07. The molecule has 1 amide bonds. The number of nitro groups is 1. The van der Waals surface area contributed by atoms with Crippen LogP contribution in [-0.2, 0) is 9.53 Å². The van der Waals surface area contributed by atoms with Gasteiger partial charge in [-0.05, 0) is 35.0 Å². The van der Waals surface area contributed by atoms with Gasteiger partial charge >= 0.3 is 5.97 Å². The Morgan fingerprint density at radius 2 is 2.00 bits per heavy atom. The van der Waals surface area contributed by atoms with Gasteiger partial charge < -0.3 is 15.0 Å². The lowest BCUT2D eigenvalue weighted by atomic mass is 10.2. The molecule has 1 heterocycles. The maximum absolute atomic E-state index is 12.4. The fourth-order valence-corrected chi connectivity index (χ4v) is 3.25. The molecule has 0 radical (unpaired) electrons. The zero-order valence-corrected chi connectivity index (χ0v) is 16.7. The van der Waals surface area contributed by atoms with E-state index in [1.54, 1.807) is 6.07 Å². The van der Waals surface area contributed by atoms with Crippen molar-refractivity contribution in [3.8, 4) is 0 Å². The number of hydrogen-bond acceptors (Lipinski definition) is 5. The van der Waals surface area contributed by atoms with Crippen molar-refractivity contribution < 1.29 is 19.2 Å². The van der Waals surface area contributed by atoms with Crippen LogP contribution >= 0.6 is 27.5 Å². The molecular weight excluding hydrogens is 454 g/mol. The molecule has 0 saturated carbocycles. The smallest absolute Gasteiger partial charge is 0.356 e. The first kappa shape index (κ1) is 19.8. The zero-order chi connectivity index (χ0) is 20.4. The highest BCUT2D eigenvalue weighted by molar-refractivity contribution is 9.10. The summed E-state index contributed by atoms with van der Waals surface area (Å²) in [5, 5.41) is 14.2. The average molecular weight is 467 g/mol. The molecular formula is C18H13BrClN3O5. The highest BCUT2D eigenvalue weighted by Crippen LogP contribution is 2.29. The number of carbonyl (C=O) groups is 2. The number of nitrogens with zero attached hydrogens (tertiary/aromatic N) is 1. The summed E-state index contributed by atoms with van der Waals surface area (Å²) in [6, 6.07) is 10.9. The van der Waals surface area contributed by atoms with E-state index in [2.05, 4.69) is 26.2 Å². The van der Waals surface area contributed by atoms with E-state index in [1.165, 1.54) is 19.1 Å². The van der Waals surface area contributed by atoms with Crippen LogP contribution in [0.15, 0.2) is 46.9 Å². The van der Waals surface area contributed by atoms with Crippen molar-refractivity contribution in [2.45, 2.75) is 13.0 Å².